The van der Waals surface area contributed by atoms with Gasteiger partial charge in [-0.2, -0.15) is 0 Å². The fourth-order valence-corrected chi connectivity index (χ4v) is 3.59. The van der Waals surface area contributed by atoms with Crippen LogP contribution in [0, 0.1) is 0 Å². The SMILES string of the molecule is C[C@@H]1CN(CCCNC(=O)c2ccc(NC(=O)Nc3ccccc3)cc2)C[C@H](C)O1. The fourth-order valence-electron chi connectivity index (χ4n) is 3.59. The summed E-state index contributed by atoms with van der Waals surface area (Å²) in [5.41, 5.74) is 1.90. The fraction of sp³-hybridized carbons (Fsp3) is 0.391. The van der Waals surface area contributed by atoms with E-state index in [1.165, 1.54) is 0 Å². The molecule has 1 aliphatic rings. The molecule has 7 nitrogen and oxygen atoms in total. The van der Waals surface area contributed by atoms with Crippen LogP contribution >= 0.6 is 0 Å². The number of carbonyl (C=O) groups excluding carboxylic acids is 2. The van der Waals surface area contributed by atoms with E-state index >= 15 is 0 Å². The van der Waals surface area contributed by atoms with Gasteiger partial charge in [0.2, 0.25) is 0 Å². The normalized spacial score (nSPS) is 19.1. The second-order valence-electron chi connectivity index (χ2n) is 7.65. The molecular formula is C23H30N4O3. The first-order valence-electron chi connectivity index (χ1n) is 10.4. The number of benzene rings is 2. The molecular weight excluding hydrogens is 380 g/mol. The third-order valence-corrected chi connectivity index (χ3v) is 4.87. The number of hydrogen-bond donors (Lipinski definition) is 3. The van der Waals surface area contributed by atoms with Crippen molar-refractivity contribution in [1.29, 1.82) is 0 Å². The Hall–Kier alpha value is -2.90. The first kappa shape index (κ1) is 21.8. The van der Waals surface area contributed by atoms with E-state index in [1.54, 1.807) is 24.3 Å². The van der Waals surface area contributed by atoms with Crippen LogP contribution in [0.3, 0.4) is 0 Å². The van der Waals surface area contributed by atoms with Crippen molar-refractivity contribution in [3.8, 4) is 0 Å². The number of nitrogens with zero attached hydrogens (tertiary/aromatic N) is 1. The van der Waals surface area contributed by atoms with Crippen LogP contribution in [0.5, 0.6) is 0 Å². The third kappa shape index (κ3) is 6.86. The Balaban J connectivity index is 1.38. The molecule has 0 unspecified atom stereocenters. The topological polar surface area (TPSA) is 82.7 Å². The lowest BCUT2D eigenvalue weighted by Crippen LogP contribution is -2.46. The lowest BCUT2D eigenvalue weighted by atomic mass is 10.2. The molecule has 0 spiro atoms. The Bertz CT molecular complexity index is 816. The number of para-hydroxylation sites is 1. The average Bonchev–Trinajstić information content (AvgIpc) is 2.71. The standard InChI is InChI=1S/C23H30N4O3/c1-17-15-27(16-18(2)30-17)14-6-13-24-22(28)19-9-11-21(12-10-19)26-23(29)25-20-7-4-3-5-8-20/h3-5,7-12,17-18H,6,13-16H2,1-2H3,(H,24,28)(H2,25,26,29)/t17-,18+. The summed E-state index contributed by atoms with van der Waals surface area (Å²) in [6, 6.07) is 15.7. The number of rotatable bonds is 7. The van der Waals surface area contributed by atoms with Gasteiger partial charge in [-0.05, 0) is 56.7 Å². The molecule has 3 rings (SSSR count). The highest BCUT2D eigenvalue weighted by molar-refractivity contribution is 6.00. The minimum atomic E-state index is -0.329. The number of urea groups is 1. The summed E-state index contributed by atoms with van der Waals surface area (Å²) in [7, 11) is 0. The maximum absolute atomic E-state index is 12.3. The van der Waals surface area contributed by atoms with Crippen LogP contribution < -0.4 is 16.0 Å². The lowest BCUT2D eigenvalue weighted by Gasteiger charge is -2.35. The Morgan fingerprint density at radius 1 is 0.933 bits per heavy atom. The zero-order valence-corrected chi connectivity index (χ0v) is 17.6. The van der Waals surface area contributed by atoms with E-state index < -0.39 is 0 Å². The molecule has 1 fully saturated rings. The Morgan fingerprint density at radius 3 is 2.17 bits per heavy atom. The van der Waals surface area contributed by atoms with Gasteiger partial charge in [0.05, 0.1) is 12.2 Å². The van der Waals surface area contributed by atoms with Crippen molar-refractivity contribution in [1.82, 2.24) is 10.2 Å². The van der Waals surface area contributed by atoms with Gasteiger partial charge in [0.15, 0.2) is 0 Å². The molecule has 0 radical (unpaired) electrons. The zero-order chi connectivity index (χ0) is 21.3. The van der Waals surface area contributed by atoms with Gasteiger partial charge in [0.25, 0.3) is 5.91 Å². The molecule has 1 heterocycles. The van der Waals surface area contributed by atoms with Crippen LogP contribution in [0.1, 0.15) is 30.6 Å². The zero-order valence-electron chi connectivity index (χ0n) is 17.6. The molecule has 1 saturated heterocycles. The summed E-state index contributed by atoms with van der Waals surface area (Å²) in [6.45, 7) is 7.62. The number of carbonyl (C=O) groups is 2. The number of hydrogen-bond acceptors (Lipinski definition) is 4. The van der Waals surface area contributed by atoms with Crippen LogP contribution in [-0.4, -0.2) is 55.2 Å². The smallest absolute Gasteiger partial charge is 0.323 e. The average molecular weight is 411 g/mol. The van der Waals surface area contributed by atoms with E-state index in [0.717, 1.165) is 26.1 Å². The van der Waals surface area contributed by atoms with Gasteiger partial charge in [0, 0.05) is 43.1 Å². The van der Waals surface area contributed by atoms with Crippen molar-refractivity contribution in [3.05, 3.63) is 60.2 Å². The van der Waals surface area contributed by atoms with Crippen molar-refractivity contribution < 1.29 is 14.3 Å². The lowest BCUT2D eigenvalue weighted by molar-refractivity contribution is -0.0680. The second-order valence-corrected chi connectivity index (χ2v) is 7.65. The van der Waals surface area contributed by atoms with Crippen LogP contribution in [0.4, 0.5) is 16.2 Å². The highest BCUT2D eigenvalue weighted by Crippen LogP contribution is 2.12. The highest BCUT2D eigenvalue weighted by Gasteiger charge is 2.21. The monoisotopic (exact) mass is 410 g/mol. The van der Waals surface area contributed by atoms with Gasteiger partial charge in [-0.3, -0.25) is 9.69 Å². The van der Waals surface area contributed by atoms with Gasteiger partial charge < -0.3 is 20.7 Å². The first-order valence-corrected chi connectivity index (χ1v) is 10.4. The molecule has 0 bridgehead atoms. The molecule has 2 aromatic rings. The van der Waals surface area contributed by atoms with E-state index in [9.17, 15) is 9.59 Å². The van der Waals surface area contributed by atoms with E-state index in [-0.39, 0.29) is 24.1 Å². The summed E-state index contributed by atoms with van der Waals surface area (Å²) in [6.07, 6.45) is 1.40. The molecule has 3 amide bonds. The Morgan fingerprint density at radius 2 is 1.53 bits per heavy atom. The van der Waals surface area contributed by atoms with Gasteiger partial charge in [0.1, 0.15) is 0 Å². The summed E-state index contributed by atoms with van der Waals surface area (Å²) < 4.78 is 5.74. The predicted molar refractivity (Wildman–Crippen MR) is 119 cm³/mol. The summed E-state index contributed by atoms with van der Waals surface area (Å²) in [4.78, 5) is 26.7. The van der Waals surface area contributed by atoms with Crippen molar-refractivity contribution in [2.24, 2.45) is 0 Å². The first-order chi connectivity index (χ1) is 14.5. The maximum atomic E-state index is 12.3. The van der Waals surface area contributed by atoms with Crippen LogP contribution in [0.25, 0.3) is 0 Å². The quantitative estimate of drug-likeness (QED) is 0.610. The largest absolute Gasteiger partial charge is 0.373 e. The van der Waals surface area contributed by atoms with Crippen LogP contribution in [-0.2, 0) is 4.74 Å². The van der Waals surface area contributed by atoms with Crippen molar-refractivity contribution in [3.63, 3.8) is 0 Å². The molecule has 7 heteroatoms. The summed E-state index contributed by atoms with van der Waals surface area (Å²) in [5, 5.41) is 8.47. The minimum absolute atomic E-state index is 0.112. The van der Waals surface area contributed by atoms with Crippen molar-refractivity contribution in [2.45, 2.75) is 32.5 Å². The molecule has 0 aliphatic carbocycles. The Kier molecular flexibility index (Phi) is 7.82. The molecule has 2 aromatic carbocycles. The Labute approximate surface area is 177 Å². The molecule has 30 heavy (non-hydrogen) atoms. The second kappa shape index (κ2) is 10.8. The van der Waals surface area contributed by atoms with Gasteiger partial charge in [-0.15, -0.1) is 0 Å². The number of amides is 3. The van der Waals surface area contributed by atoms with E-state index in [2.05, 4.69) is 34.7 Å². The molecule has 0 aromatic heterocycles. The van der Waals surface area contributed by atoms with E-state index in [4.69, 9.17) is 4.74 Å². The van der Waals surface area contributed by atoms with Crippen LogP contribution in [0.2, 0.25) is 0 Å². The molecule has 3 N–H and O–H groups in total. The summed E-state index contributed by atoms with van der Waals surface area (Å²) >= 11 is 0. The molecule has 1 aliphatic heterocycles. The number of ether oxygens (including phenoxy) is 1. The third-order valence-electron chi connectivity index (χ3n) is 4.87. The van der Waals surface area contributed by atoms with Gasteiger partial charge in [-0.1, -0.05) is 18.2 Å². The van der Waals surface area contributed by atoms with Crippen molar-refractivity contribution in [2.75, 3.05) is 36.8 Å². The van der Waals surface area contributed by atoms with E-state index in [0.29, 0.717) is 23.5 Å². The number of nitrogens with one attached hydrogen (secondary N) is 3. The highest BCUT2D eigenvalue weighted by atomic mass is 16.5. The molecule has 2 atom stereocenters. The number of morpholine rings is 1. The maximum Gasteiger partial charge on any atom is 0.323 e. The predicted octanol–water partition coefficient (Wildman–Crippen LogP) is 3.56. The van der Waals surface area contributed by atoms with Crippen LogP contribution in [0.15, 0.2) is 54.6 Å². The van der Waals surface area contributed by atoms with Gasteiger partial charge in [-0.25, -0.2) is 4.79 Å². The van der Waals surface area contributed by atoms with Crippen molar-refractivity contribution >= 4 is 23.3 Å². The van der Waals surface area contributed by atoms with E-state index in [1.807, 2.05) is 30.3 Å². The molecule has 160 valence electrons. The van der Waals surface area contributed by atoms with Gasteiger partial charge >= 0.3 is 6.03 Å². The molecule has 0 saturated carbocycles. The number of anilines is 2. The minimum Gasteiger partial charge on any atom is -0.373 e. The summed E-state index contributed by atoms with van der Waals surface area (Å²) in [5.74, 6) is -0.112.